The van der Waals surface area contributed by atoms with E-state index in [0.717, 1.165) is 11.1 Å². The predicted octanol–water partition coefficient (Wildman–Crippen LogP) is 2.45. The molecule has 0 fully saturated rings. The van der Waals surface area contributed by atoms with Gasteiger partial charge in [0.1, 0.15) is 11.3 Å². The molecule has 4 nitrogen and oxygen atoms in total. The second-order valence-corrected chi connectivity index (χ2v) is 5.02. The van der Waals surface area contributed by atoms with E-state index in [4.69, 9.17) is 4.74 Å². The van der Waals surface area contributed by atoms with Gasteiger partial charge in [0.05, 0.1) is 6.26 Å². The van der Waals surface area contributed by atoms with Crippen molar-refractivity contribution < 1.29 is 19.1 Å². The van der Waals surface area contributed by atoms with Crippen LogP contribution in [0.1, 0.15) is 40.9 Å². The van der Waals surface area contributed by atoms with Gasteiger partial charge in [0.15, 0.2) is 5.78 Å². The summed E-state index contributed by atoms with van der Waals surface area (Å²) >= 11 is 0. The zero-order valence-electron chi connectivity index (χ0n) is 11.4. The van der Waals surface area contributed by atoms with Crippen LogP contribution in [0.5, 0.6) is 0 Å². The lowest BCUT2D eigenvalue weighted by Crippen LogP contribution is -2.30. The molecule has 0 radical (unpaired) electrons. The number of carbonyl (C=O) groups excluding carboxylic acids is 3. The first-order valence-electron chi connectivity index (χ1n) is 6.25. The highest BCUT2D eigenvalue weighted by Crippen LogP contribution is 2.40. The van der Waals surface area contributed by atoms with Gasteiger partial charge in [0.2, 0.25) is 11.6 Å². The summed E-state index contributed by atoms with van der Waals surface area (Å²) in [6, 6.07) is 3.68. The van der Waals surface area contributed by atoms with Gasteiger partial charge < -0.3 is 4.74 Å². The Bertz CT molecular complexity index is 763. The van der Waals surface area contributed by atoms with E-state index in [0.29, 0.717) is 16.7 Å². The Morgan fingerprint density at radius 3 is 2.40 bits per heavy atom. The number of rotatable bonds is 1. The normalized spacial score (nSPS) is 16.6. The second-order valence-electron chi connectivity index (χ2n) is 5.02. The van der Waals surface area contributed by atoms with Gasteiger partial charge in [0, 0.05) is 11.1 Å². The van der Waals surface area contributed by atoms with Crippen molar-refractivity contribution in [2.24, 2.45) is 0 Å². The van der Waals surface area contributed by atoms with Gasteiger partial charge >= 0.3 is 0 Å². The lowest BCUT2D eigenvalue weighted by Gasteiger charge is -2.27. The van der Waals surface area contributed by atoms with E-state index >= 15 is 0 Å². The minimum atomic E-state index is -0.784. The standard InChI is InChI=1S/C16H12O4/c1-7-4-5-10-8(2)6-20-16-12(9(3)17)15(19)14(18)11(7)13(10)16/h4-6H,1-3H3. The van der Waals surface area contributed by atoms with Crippen molar-refractivity contribution in [3.63, 3.8) is 0 Å². The minimum absolute atomic E-state index is 0.155. The van der Waals surface area contributed by atoms with Crippen LogP contribution in [0.15, 0.2) is 24.0 Å². The number of benzene rings is 1. The summed E-state index contributed by atoms with van der Waals surface area (Å²) in [5.74, 6) is -1.66. The molecule has 100 valence electrons. The monoisotopic (exact) mass is 268 g/mol. The second kappa shape index (κ2) is 4.00. The Hall–Kier alpha value is -2.49. The fourth-order valence-corrected chi connectivity index (χ4v) is 2.67. The van der Waals surface area contributed by atoms with E-state index < -0.39 is 17.3 Å². The molecular weight excluding hydrogens is 256 g/mol. The molecule has 0 spiro atoms. The third-order valence-corrected chi connectivity index (χ3v) is 3.66. The first-order valence-corrected chi connectivity index (χ1v) is 6.25. The van der Waals surface area contributed by atoms with E-state index in [1.807, 2.05) is 13.0 Å². The van der Waals surface area contributed by atoms with Crippen molar-refractivity contribution in [2.75, 3.05) is 0 Å². The largest absolute Gasteiger partial charge is 0.463 e. The number of hydrogen-bond acceptors (Lipinski definition) is 4. The first-order chi connectivity index (χ1) is 9.43. The molecule has 0 aromatic heterocycles. The van der Waals surface area contributed by atoms with Crippen molar-refractivity contribution in [3.05, 3.63) is 46.2 Å². The Balaban J connectivity index is 2.49. The average molecular weight is 268 g/mol. The zero-order valence-corrected chi connectivity index (χ0v) is 11.4. The van der Waals surface area contributed by atoms with Crippen LogP contribution in [-0.4, -0.2) is 17.3 Å². The molecule has 0 saturated heterocycles. The summed E-state index contributed by atoms with van der Waals surface area (Å²) in [4.78, 5) is 36.1. The molecule has 0 unspecified atom stereocenters. The van der Waals surface area contributed by atoms with Gasteiger partial charge in [-0.2, -0.15) is 0 Å². The Morgan fingerprint density at radius 1 is 1.05 bits per heavy atom. The molecule has 0 atom stereocenters. The lowest BCUT2D eigenvalue weighted by atomic mass is 9.80. The van der Waals surface area contributed by atoms with Crippen LogP contribution in [0.3, 0.4) is 0 Å². The van der Waals surface area contributed by atoms with Crippen LogP contribution in [-0.2, 0) is 14.3 Å². The highest BCUT2D eigenvalue weighted by molar-refractivity contribution is 6.57. The van der Waals surface area contributed by atoms with Crippen LogP contribution < -0.4 is 0 Å². The number of ether oxygens (including phenoxy) is 1. The maximum absolute atomic E-state index is 12.3. The van der Waals surface area contributed by atoms with Gasteiger partial charge in [-0.15, -0.1) is 0 Å². The van der Waals surface area contributed by atoms with Crippen molar-refractivity contribution in [1.82, 2.24) is 0 Å². The van der Waals surface area contributed by atoms with Crippen molar-refractivity contribution in [3.8, 4) is 0 Å². The number of aryl methyl sites for hydroxylation is 1. The SMILES string of the molecule is CC(=O)C1=C2OC=C(C)c3ccc(C)c(c32)C(=O)C1=O. The minimum Gasteiger partial charge on any atom is -0.463 e. The zero-order chi connectivity index (χ0) is 14.6. The molecule has 1 aromatic rings. The number of carbonyl (C=O) groups is 3. The van der Waals surface area contributed by atoms with E-state index in [-0.39, 0.29) is 11.3 Å². The van der Waals surface area contributed by atoms with Crippen molar-refractivity contribution in [1.29, 1.82) is 0 Å². The maximum atomic E-state index is 12.3. The summed E-state index contributed by atoms with van der Waals surface area (Å²) in [5, 5.41) is 0. The van der Waals surface area contributed by atoms with Crippen LogP contribution in [0.25, 0.3) is 11.3 Å². The summed E-state index contributed by atoms with van der Waals surface area (Å²) in [5.41, 5.74) is 3.15. The van der Waals surface area contributed by atoms with Crippen molar-refractivity contribution >= 4 is 28.7 Å². The average Bonchev–Trinajstić information content (AvgIpc) is 2.39. The molecule has 3 rings (SSSR count). The topological polar surface area (TPSA) is 60.4 Å². The molecule has 2 aliphatic rings. The first kappa shape index (κ1) is 12.5. The van der Waals surface area contributed by atoms with Crippen LogP contribution in [0.4, 0.5) is 0 Å². The highest BCUT2D eigenvalue weighted by atomic mass is 16.5. The van der Waals surface area contributed by atoms with E-state index in [1.54, 1.807) is 13.0 Å². The smallest absolute Gasteiger partial charge is 0.240 e. The van der Waals surface area contributed by atoms with E-state index in [2.05, 4.69) is 0 Å². The molecule has 1 aliphatic heterocycles. The highest BCUT2D eigenvalue weighted by Gasteiger charge is 2.39. The van der Waals surface area contributed by atoms with E-state index in [9.17, 15) is 14.4 Å². The van der Waals surface area contributed by atoms with Gasteiger partial charge in [0.25, 0.3) is 0 Å². The van der Waals surface area contributed by atoms with Crippen LogP contribution in [0, 0.1) is 6.92 Å². The molecule has 1 heterocycles. The molecule has 0 amide bonds. The third-order valence-electron chi connectivity index (χ3n) is 3.66. The number of ketones is 3. The summed E-state index contributed by atoms with van der Waals surface area (Å²) in [6.45, 7) is 4.89. The predicted molar refractivity (Wildman–Crippen MR) is 72.9 cm³/mol. The molecule has 0 N–H and O–H groups in total. The Morgan fingerprint density at radius 2 is 1.75 bits per heavy atom. The van der Waals surface area contributed by atoms with Crippen LogP contribution in [0.2, 0.25) is 0 Å². The molecule has 20 heavy (non-hydrogen) atoms. The number of Topliss-reactive ketones (excluding diaryl/α,β-unsaturated/α-hetero) is 3. The van der Waals surface area contributed by atoms with Gasteiger partial charge in [-0.1, -0.05) is 12.1 Å². The molecular formula is C16H12O4. The van der Waals surface area contributed by atoms with E-state index in [1.165, 1.54) is 13.2 Å². The molecule has 0 saturated carbocycles. The maximum Gasteiger partial charge on any atom is 0.240 e. The summed E-state index contributed by atoms with van der Waals surface area (Å²) in [7, 11) is 0. The molecule has 4 heteroatoms. The quantitative estimate of drug-likeness (QED) is 0.580. The lowest BCUT2D eigenvalue weighted by molar-refractivity contribution is -0.118. The third kappa shape index (κ3) is 1.45. The van der Waals surface area contributed by atoms with Crippen molar-refractivity contribution in [2.45, 2.75) is 20.8 Å². The van der Waals surface area contributed by atoms with Gasteiger partial charge in [-0.05, 0) is 37.5 Å². The molecule has 0 bridgehead atoms. The van der Waals surface area contributed by atoms with Crippen LogP contribution >= 0.6 is 0 Å². The van der Waals surface area contributed by atoms with Gasteiger partial charge in [-0.25, -0.2) is 0 Å². The number of hydrogen-bond donors (Lipinski definition) is 0. The van der Waals surface area contributed by atoms with Gasteiger partial charge in [-0.3, -0.25) is 14.4 Å². The fraction of sp³-hybridized carbons (Fsp3) is 0.188. The molecule has 1 aliphatic carbocycles. The fourth-order valence-electron chi connectivity index (χ4n) is 2.67. The Kier molecular flexibility index (Phi) is 2.51. The Labute approximate surface area is 115 Å². The number of allylic oxidation sites excluding steroid dienone is 2. The summed E-state index contributed by atoms with van der Waals surface area (Å²) in [6.07, 6.45) is 1.50. The summed E-state index contributed by atoms with van der Waals surface area (Å²) < 4.78 is 5.47. The molecule has 1 aromatic carbocycles.